The monoisotopic (exact) mass is 381 g/mol. The molecule has 1 unspecified atom stereocenters. The summed E-state index contributed by atoms with van der Waals surface area (Å²) >= 11 is 0. The van der Waals surface area contributed by atoms with Crippen LogP contribution >= 0.6 is 0 Å². The van der Waals surface area contributed by atoms with Gasteiger partial charge in [-0.25, -0.2) is 4.79 Å². The Bertz CT molecular complexity index is 952. The molecule has 0 radical (unpaired) electrons. The normalized spacial score (nSPS) is 16.1. The minimum absolute atomic E-state index is 0.311. The van der Waals surface area contributed by atoms with Crippen LogP contribution in [-0.4, -0.2) is 26.2 Å². The lowest BCUT2D eigenvalue weighted by molar-refractivity contribution is -0.113. The number of para-hydroxylation sites is 1. The number of benzene rings is 2. The molecule has 0 fully saturated rings. The van der Waals surface area contributed by atoms with Gasteiger partial charge in [0.1, 0.15) is 11.5 Å². The van der Waals surface area contributed by atoms with Crippen LogP contribution in [0.1, 0.15) is 24.1 Å². The average Bonchev–Trinajstić information content (AvgIpc) is 2.68. The molecule has 28 heavy (non-hydrogen) atoms. The number of methoxy groups -OCH3 is 2. The predicted octanol–water partition coefficient (Wildman–Crippen LogP) is 3.28. The van der Waals surface area contributed by atoms with Crippen LogP contribution in [0.5, 0.6) is 11.5 Å². The summed E-state index contributed by atoms with van der Waals surface area (Å²) in [6.07, 6.45) is 0. The Morgan fingerprint density at radius 2 is 1.82 bits per heavy atom. The summed E-state index contributed by atoms with van der Waals surface area (Å²) in [6.45, 7) is 3.62. The number of urea groups is 1. The number of hydrogen-bond acceptors (Lipinski definition) is 4. The van der Waals surface area contributed by atoms with Crippen LogP contribution in [0.15, 0.2) is 53.7 Å². The van der Waals surface area contributed by atoms with Crippen molar-refractivity contribution in [2.45, 2.75) is 19.9 Å². The summed E-state index contributed by atoms with van der Waals surface area (Å²) in [5.41, 5.74) is 3.16. The Morgan fingerprint density at radius 3 is 2.50 bits per heavy atom. The Balaban J connectivity index is 2.04. The zero-order valence-corrected chi connectivity index (χ0v) is 16.3. The fraction of sp³-hybridized carbons (Fsp3) is 0.238. The van der Waals surface area contributed by atoms with Crippen LogP contribution in [0.2, 0.25) is 0 Å². The number of nitrogens with one attached hydrogen (secondary N) is 3. The van der Waals surface area contributed by atoms with Crippen molar-refractivity contribution in [2.24, 2.45) is 0 Å². The highest BCUT2D eigenvalue weighted by Gasteiger charge is 2.33. The molecule has 1 aliphatic heterocycles. The van der Waals surface area contributed by atoms with Crippen molar-refractivity contribution in [3.05, 3.63) is 64.9 Å². The molecule has 146 valence electrons. The second kappa shape index (κ2) is 8.04. The van der Waals surface area contributed by atoms with E-state index in [4.69, 9.17) is 9.47 Å². The number of anilines is 1. The molecule has 7 heteroatoms. The van der Waals surface area contributed by atoms with E-state index in [-0.39, 0.29) is 11.9 Å². The maximum absolute atomic E-state index is 13.1. The first-order valence-electron chi connectivity index (χ1n) is 8.81. The summed E-state index contributed by atoms with van der Waals surface area (Å²) in [5, 5.41) is 8.42. The topological polar surface area (TPSA) is 88.7 Å². The maximum Gasteiger partial charge on any atom is 0.319 e. The lowest BCUT2D eigenvalue weighted by atomic mass is 9.93. The maximum atomic E-state index is 13.1. The van der Waals surface area contributed by atoms with E-state index in [0.717, 1.165) is 5.56 Å². The Morgan fingerprint density at radius 1 is 1.07 bits per heavy atom. The predicted molar refractivity (Wildman–Crippen MR) is 106 cm³/mol. The summed E-state index contributed by atoms with van der Waals surface area (Å²) in [5.74, 6) is 0.830. The van der Waals surface area contributed by atoms with Crippen molar-refractivity contribution in [1.82, 2.24) is 10.6 Å². The second-order valence-electron chi connectivity index (χ2n) is 6.45. The number of carbonyl (C=O) groups excluding carboxylic acids is 2. The first-order chi connectivity index (χ1) is 13.4. The van der Waals surface area contributed by atoms with Gasteiger partial charge in [0.2, 0.25) is 0 Å². The summed E-state index contributed by atoms with van der Waals surface area (Å²) < 4.78 is 10.8. The zero-order chi connectivity index (χ0) is 20.3. The van der Waals surface area contributed by atoms with Crippen LogP contribution in [0, 0.1) is 6.92 Å². The van der Waals surface area contributed by atoms with Gasteiger partial charge in [0.05, 0.1) is 25.8 Å². The largest absolute Gasteiger partial charge is 0.497 e. The molecule has 0 saturated carbocycles. The molecule has 1 aliphatic rings. The molecule has 7 nitrogen and oxygen atoms in total. The van der Waals surface area contributed by atoms with E-state index in [2.05, 4.69) is 16.0 Å². The Kier molecular flexibility index (Phi) is 5.54. The van der Waals surface area contributed by atoms with Crippen LogP contribution in [0.4, 0.5) is 10.5 Å². The van der Waals surface area contributed by atoms with E-state index >= 15 is 0 Å². The molecule has 0 spiro atoms. The molecular weight excluding hydrogens is 358 g/mol. The third-order valence-electron chi connectivity index (χ3n) is 4.65. The van der Waals surface area contributed by atoms with Gasteiger partial charge in [0.25, 0.3) is 5.91 Å². The molecular formula is C21H23N3O4. The quantitative estimate of drug-likeness (QED) is 0.742. The number of aryl methyl sites for hydroxylation is 1. The second-order valence-corrected chi connectivity index (χ2v) is 6.45. The molecule has 2 aromatic carbocycles. The molecule has 1 atom stereocenters. The van der Waals surface area contributed by atoms with E-state index in [0.29, 0.717) is 34.0 Å². The number of hydrogen-bond donors (Lipinski definition) is 3. The van der Waals surface area contributed by atoms with E-state index < -0.39 is 6.04 Å². The number of rotatable bonds is 5. The lowest BCUT2D eigenvalue weighted by Crippen LogP contribution is -2.46. The molecule has 2 aromatic rings. The summed E-state index contributed by atoms with van der Waals surface area (Å²) in [6, 6.07) is 11.7. The highest BCUT2D eigenvalue weighted by Crippen LogP contribution is 2.36. The van der Waals surface area contributed by atoms with Crippen molar-refractivity contribution in [3.8, 4) is 11.5 Å². The van der Waals surface area contributed by atoms with Crippen LogP contribution < -0.4 is 25.4 Å². The van der Waals surface area contributed by atoms with Gasteiger partial charge in [-0.3, -0.25) is 4.79 Å². The van der Waals surface area contributed by atoms with Crippen molar-refractivity contribution in [2.75, 3.05) is 19.5 Å². The molecule has 3 rings (SSSR count). The standard InChI is InChI=1S/C21H23N3O4/c1-12-7-5-6-8-16(12)23-20(25)18-13(2)22-21(26)24-19(18)15-11-14(27-3)9-10-17(15)28-4/h5-11,19H,1-4H3,(H,23,25)(H2,22,24,26). The van der Waals surface area contributed by atoms with Gasteiger partial charge in [0.15, 0.2) is 0 Å². The number of carbonyl (C=O) groups is 2. The molecule has 0 aromatic heterocycles. The zero-order valence-electron chi connectivity index (χ0n) is 16.3. The molecule has 0 aliphatic carbocycles. The minimum atomic E-state index is -0.692. The van der Waals surface area contributed by atoms with Gasteiger partial charge in [-0.15, -0.1) is 0 Å². The van der Waals surface area contributed by atoms with Gasteiger partial charge in [-0.05, 0) is 43.7 Å². The molecule has 3 amide bonds. The first-order valence-corrected chi connectivity index (χ1v) is 8.81. The van der Waals surface area contributed by atoms with Crippen LogP contribution in [-0.2, 0) is 4.79 Å². The Labute approximate surface area is 163 Å². The van der Waals surface area contributed by atoms with Crippen LogP contribution in [0.25, 0.3) is 0 Å². The number of amides is 3. The lowest BCUT2D eigenvalue weighted by Gasteiger charge is -2.30. The third kappa shape index (κ3) is 3.78. The third-order valence-corrected chi connectivity index (χ3v) is 4.65. The fourth-order valence-corrected chi connectivity index (χ4v) is 3.20. The van der Waals surface area contributed by atoms with Crippen molar-refractivity contribution in [1.29, 1.82) is 0 Å². The van der Waals surface area contributed by atoms with E-state index in [1.165, 1.54) is 7.11 Å². The Hall–Kier alpha value is -3.48. The molecule has 0 bridgehead atoms. The smallest absolute Gasteiger partial charge is 0.319 e. The van der Waals surface area contributed by atoms with Gasteiger partial charge in [-0.1, -0.05) is 18.2 Å². The molecule has 0 saturated heterocycles. The SMILES string of the molecule is COc1ccc(OC)c(C2NC(=O)NC(C)=C2C(=O)Nc2ccccc2C)c1. The molecule has 1 heterocycles. The van der Waals surface area contributed by atoms with Gasteiger partial charge < -0.3 is 25.4 Å². The number of allylic oxidation sites excluding steroid dienone is 1. The van der Waals surface area contributed by atoms with E-state index in [1.807, 2.05) is 31.2 Å². The fourth-order valence-electron chi connectivity index (χ4n) is 3.20. The van der Waals surface area contributed by atoms with Crippen molar-refractivity contribution < 1.29 is 19.1 Å². The first kappa shape index (κ1) is 19.3. The summed E-state index contributed by atoms with van der Waals surface area (Å²) in [4.78, 5) is 25.3. The molecule has 3 N–H and O–H groups in total. The number of ether oxygens (including phenoxy) is 2. The van der Waals surface area contributed by atoms with Crippen LogP contribution in [0.3, 0.4) is 0 Å². The van der Waals surface area contributed by atoms with E-state index in [9.17, 15) is 9.59 Å². The van der Waals surface area contributed by atoms with Crippen molar-refractivity contribution >= 4 is 17.6 Å². The van der Waals surface area contributed by atoms with Crippen molar-refractivity contribution in [3.63, 3.8) is 0 Å². The van der Waals surface area contributed by atoms with Gasteiger partial charge >= 0.3 is 6.03 Å². The average molecular weight is 381 g/mol. The van der Waals surface area contributed by atoms with Gasteiger partial charge in [0, 0.05) is 16.9 Å². The van der Waals surface area contributed by atoms with E-state index in [1.54, 1.807) is 32.2 Å². The van der Waals surface area contributed by atoms with Gasteiger partial charge in [-0.2, -0.15) is 0 Å². The highest BCUT2D eigenvalue weighted by atomic mass is 16.5. The minimum Gasteiger partial charge on any atom is -0.497 e. The summed E-state index contributed by atoms with van der Waals surface area (Å²) in [7, 11) is 3.09. The highest BCUT2D eigenvalue weighted by molar-refractivity contribution is 6.07.